The Morgan fingerprint density at radius 1 is 1.62 bits per heavy atom. The SMILES string of the molecule is N#CCC(C#N)=CN. The summed E-state index contributed by atoms with van der Waals surface area (Å²) >= 11 is 0. The van der Waals surface area contributed by atoms with E-state index in [4.69, 9.17) is 16.3 Å². The lowest BCUT2D eigenvalue weighted by atomic mass is 10.2. The first kappa shape index (κ1) is 6.52. The molecule has 0 aromatic heterocycles. The minimum absolute atomic E-state index is 0.104. The predicted molar refractivity (Wildman–Crippen MR) is 28.1 cm³/mol. The van der Waals surface area contributed by atoms with Crippen molar-refractivity contribution in [1.29, 1.82) is 10.5 Å². The highest BCUT2D eigenvalue weighted by Gasteiger charge is 1.87. The number of hydrogen-bond acceptors (Lipinski definition) is 3. The van der Waals surface area contributed by atoms with Crippen molar-refractivity contribution in [3.05, 3.63) is 11.8 Å². The van der Waals surface area contributed by atoms with Crippen LogP contribution < -0.4 is 5.73 Å². The molecule has 0 saturated carbocycles. The molecule has 0 heterocycles. The Bertz CT molecular complexity index is 167. The molecule has 0 unspecified atom stereocenters. The number of allylic oxidation sites excluding steroid dienone is 1. The van der Waals surface area contributed by atoms with Gasteiger partial charge in [0.25, 0.3) is 0 Å². The molecule has 0 aliphatic rings. The van der Waals surface area contributed by atoms with Gasteiger partial charge >= 0.3 is 0 Å². The first-order valence-electron chi connectivity index (χ1n) is 2.03. The average molecular weight is 107 g/mol. The van der Waals surface area contributed by atoms with Gasteiger partial charge < -0.3 is 5.73 Å². The average Bonchev–Trinajstić information content (AvgIpc) is 1.83. The van der Waals surface area contributed by atoms with Gasteiger partial charge in [-0.2, -0.15) is 10.5 Å². The highest BCUT2D eigenvalue weighted by atomic mass is 14.5. The summed E-state index contributed by atoms with van der Waals surface area (Å²) in [5, 5.41) is 16.1. The minimum Gasteiger partial charge on any atom is -0.404 e. The maximum Gasteiger partial charge on any atom is 0.0973 e. The van der Waals surface area contributed by atoms with E-state index in [9.17, 15) is 0 Å². The molecule has 0 bridgehead atoms. The molecule has 3 nitrogen and oxygen atoms in total. The molecule has 0 aromatic rings. The van der Waals surface area contributed by atoms with Crippen LogP contribution in [0.3, 0.4) is 0 Å². The molecular weight excluding hydrogens is 102 g/mol. The molecule has 3 heteroatoms. The fourth-order valence-corrected chi connectivity index (χ4v) is 0.221. The number of nitrogens with zero attached hydrogens (tertiary/aromatic N) is 2. The van der Waals surface area contributed by atoms with Crippen molar-refractivity contribution in [1.82, 2.24) is 0 Å². The van der Waals surface area contributed by atoms with Crippen LogP contribution in [0.15, 0.2) is 11.8 Å². The number of nitrogens with two attached hydrogens (primary N) is 1. The molecule has 0 amide bonds. The Labute approximate surface area is 47.6 Å². The van der Waals surface area contributed by atoms with E-state index in [1.807, 2.05) is 0 Å². The zero-order chi connectivity index (χ0) is 6.41. The maximum absolute atomic E-state index is 8.11. The minimum atomic E-state index is 0.104. The van der Waals surface area contributed by atoms with Gasteiger partial charge in [-0.3, -0.25) is 0 Å². The topological polar surface area (TPSA) is 73.6 Å². The van der Waals surface area contributed by atoms with Crippen molar-refractivity contribution in [3.63, 3.8) is 0 Å². The molecule has 0 fully saturated rings. The first-order valence-corrected chi connectivity index (χ1v) is 2.03. The van der Waals surface area contributed by atoms with Gasteiger partial charge in [0.05, 0.1) is 24.1 Å². The Balaban J connectivity index is 3.83. The van der Waals surface area contributed by atoms with E-state index in [2.05, 4.69) is 0 Å². The highest BCUT2D eigenvalue weighted by Crippen LogP contribution is 1.92. The number of nitriles is 2. The summed E-state index contributed by atoms with van der Waals surface area (Å²) in [6.07, 6.45) is 1.25. The van der Waals surface area contributed by atoms with Crippen molar-refractivity contribution >= 4 is 0 Å². The third-order valence-corrected chi connectivity index (χ3v) is 0.614. The Kier molecular flexibility index (Phi) is 3.02. The van der Waals surface area contributed by atoms with Crippen LogP contribution in [0.5, 0.6) is 0 Å². The van der Waals surface area contributed by atoms with Crippen LogP contribution in [-0.4, -0.2) is 0 Å². The summed E-state index contributed by atoms with van der Waals surface area (Å²) in [4.78, 5) is 0. The lowest BCUT2D eigenvalue weighted by Gasteiger charge is -1.79. The van der Waals surface area contributed by atoms with Crippen LogP contribution >= 0.6 is 0 Å². The molecule has 8 heavy (non-hydrogen) atoms. The van der Waals surface area contributed by atoms with Crippen LogP contribution in [0.2, 0.25) is 0 Å². The summed E-state index contributed by atoms with van der Waals surface area (Å²) in [6.45, 7) is 0. The number of hydrogen-bond donors (Lipinski definition) is 1. The highest BCUT2D eigenvalue weighted by molar-refractivity contribution is 5.22. The molecule has 0 atom stereocenters. The van der Waals surface area contributed by atoms with Crippen molar-refractivity contribution in [3.8, 4) is 12.1 Å². The van der Waals surface area contributed by atoms with Crippen molar-refractivity contribution in [2.24, 2.45) is 5.73 Å². The second-order valence-electron chi connectivity index (χ2n) is 1.14. The fourth-order valence-electron chi connectivity index (χ4n) is 0.221. The zero-order valence-electron chi connectivity index (χ0n) is 4.26. The van der Waals surface area contributed by atoms with Crippen LogP contribution in [0.25, 0.3) is 0 Å². The van der Waals surface area contributed by atoms with E-state index in [0.717, 1.165) is 6.20 Å². The van der Waals surface area contributed by atoms with Gasteiger partial charge in [-0.05, 0) is 0 Å². The van der Waals surface area contributed by atoms with Crippen LogP contribution in [0.1, 0.15) is 6.42 Å². The first-order chi connectivity index (χ1) is 3.85. The Morgan fingerprint density at radius 3 is 2.38 bits per heavy atom. The molecule has 0 radical (unpaired) electrons. The number of rotatable bonds is 1. The van der Waals surface area contributed by atoms with E-state index in [1.54, 1.807) is 12.1 Å². The van der Waals surface area contributed by atoms with Gasteiger partial charge in [0.1, 0.15) is 0 Å². The quantitative estimate of drug-likeness (QED) is 0.488. The van der Waals surface area contributed by atoms with E-state index >= 15 is 0 Å². The summed E-state index contributed by atoms with van der Waals surface area (Å²) in [5.41, 5.74) is 5.25. The normalized spacial score (nSPS) is 9.50. The molecule has 2 N–H and O–H groups in total. The molecule has 0 aliphatic heterocycles. The third-order valence-electron chi connectivity index (χ3n) is 0.614. The van der Waals surface area contributed by atoms with Gasteiger partial charge in [0.15, 0.2) is 0 Å². The third kappa shape index (κ3) is 1.84. The molecule has 0 saturated heterocycles. The van der Waals surface area contributed by atoms with Gasteiger partial charge in [-0.15, -0.1) is 0 Å². The molecule has 0 spiro atoms. The maximum atomic E-state index is 8.11. The fraction of sp³-hybridized carbons (Fsp3) is 0.200. The van der Waals surface area contributed by atoms with Crippen LogP contribution in [0.4, 0.5) is 0 Å². The van der Waals surface area contributed by atoms with E-state index in [0.29, 0.717) is 5.57 Å². The van der Waals surface area contributed by atoms with Crippen molar-refractivity contribution in [2.75, 3.05) is 0 Å². The summed E-state index contributed by atoms with van der Waals surface area (Å²) in [6, 6.07) is 3.57. The zero-order valence-corrected chi connectivity index (χ0v) is 4.26. The van der Waals surface area contributed by atoms with E-state index in [1.165, 1.54) is 0 Å². The second-order valence-corrected chi connectivity index (χ2v) is 1.14. The van der Waals surface area contributed by atoms with Gasteiger partial charge in [0, 0.05) is 6.20 Å². The molecule has 0 aromatic carbocycles. The smallest absolute Gasteiger partial charge is 0.0973 e. The van der Waals surface area contributed by atoms with Gasteiger partial charge in [-0.1, -0.05) is 0 Å². The lowest BCUT2D eigenvalue weighted by molar-refractivity contribution is 1.25. The van der Waals surface area contributed by atoms with Crippen LogP contribution in [-0.2, 0) is 0 Å². The Hall–Kier alpha value is -1.48. The predicted octanol–water partition coefficient (Wildman–Crippen LogP) is 0.266. The second kappa shape index (κ2) is 3.70. The molecule has 40 valence electrons. The van der Waals surface area contributed by atoms with Crippen molar-refractivity contribution in [2.45, 2.75) is 6.42 Å². The summed E-state index contributed by atoms with van der Waals surface area (Å²) in [7, 11) is 0. The van der Waals surface area contributed by atoms with Crippen molar-refractivity contribution < 1.29 is 0 Å². The largest absolute Gasteiger partial charge is 0.404 e. The Morgan fingerprint density at radius 2 is 2.25 bits per heavy atom. The summed E-state index contributed by atoms with van der Waals surface area (Å²) < 4.78 is 0. The monoisotopic (exact) mass is 107 g/mol. The molecule has 0 rings (SSSR count). The standard InChI is InChI=1S/C5H5N3/c6-2-1-5(3-7)4-8/h3H,1,7H2. The summed E-state index contributed by atoms with van der Waals surface area (Å²) in [5.74, 6) is 0. The molecule has 0 aliphatic carbocycles. The van der Waals surface area contributed by atoms with E-state index < -0.39 is 0 Å². The van der Waals surface area contributed by atoms with Crippen LogP contribution in [0, 0.1) is 22.7 Å². The molecular formula is C5H5N3. The van der Waals surface area contributed by atoms with E-state index in [-0.39, 0.29) is 6.42 Å². The lowest BCUT2D eigenvalue weighted by Crippen LogP contribution is -1.83. The van der Waals surface area contributed by atoms with Gasteiger partial charge in [-0.25, -0.2) is 0 Å². The van der Waals surface area contributed by atoms with Gasteiger partial charge in [0.2, 0.25) is 0 Å².